The maximum Gasteiger partial charge on any atom is 0.137 e. The monoisotopic (exact) mass is 406 g/mol. The molecule has 0 heterocycles. The lowest BCUT2D eigenvalue weighted by Crippen LogP contribution is -2.27. The molecule has 0 radical (unpaired) electrons. The molecule has 0 unspecified atom stereocenters. The Morgan fingerprint density at radius 2 is 1.90 bits per heavy atom. The Kier molecular flexibility index (Phi) is 8.77. The van der Waals surface area contributed by atoms with Crippen LogP contribution in [0.1, 0.15) is 25.8 Å². The van der Waals surface area contributed by atoms with Gasteiger partial charge in [-0.25, -0.2) is 0 Å². The second-order valence-corrected chi connectivity index (χ2v) is 6.41. The van der Waals surface area contributed by atoms with Gasteiger partial charge in [0.2, 0.25) is 0 Å². The fourth-order valence-electron chi connectivity index (χ4n) is 2.16. The Labute approximate surface area is 139 Å². The minimum Gasteiger partial charge on any atom is -0.495 e. The van der Waals surface area contributed by atoms with Crippen LogP contribution in [-0.4, -0.2) is 38.2 Å². The van der Waals surface area contributed by atoms with Crippen LogP contribution in [0, 0.1) is 0 Å². The first kappa shape index (κ1) is 18.0. The topological polar surface area (TPSA) is 24.5 Å². The Bertz CT molecular complexity index is 409. The first-order valence-electron chi connectivity index (χ1n) is 7.07. The molecule has 3 nitrogen and oxygen atoms in total. The lowest BCUT2D eigenvalue weighted by molar-refractivity contribution is 0.298. The van der Waals surface area contributed by atoms with Crippen molar-refractivity contribution in [2.45, 2.75) is 26.8 Å². The van der Waals surface area contributed by atoms with Gasteiger partial charge in [0.05, 0.1) is 11.6 Å². The van der Waals surface area contributed by atoms with Gasteiger partial charge in [0.15, 0.2) is 0 Å². The molecule has 1 aromatic rings. The van der Waals surface area contributed by atoms with Gasteiger partial charge in [0, 0.05) is 16.6 Å². The van der Waals surface area contributed by atoms with E-state index in [2.05, 4.69) is 62.0 Å². The van der Waals surface area contributed by atoms with Crippen molar-refractivity contribution >= 4 is 31.9 Å². The van der Waals surface area contributed by atoms with E-state index in [-0.39, 0.29) is 0 Å². The molecule has 20 heavy (non-hydrogen) atoms. The fraction of sp³-hybridized carbons (Fsp3) is 0.600. The lowest BCUT2D eigenvalue weighted by atomic mass is 10.2. The summed E-state index contributed by atoms with van der Waals surface area (Å²) in [6, 6.07) is 4.10. The van der Waals surface area contributed by atoms with Crippen LogP contribution in [0.15, 0.2) is 21.1 Å². The Morgan fingerprint density at radius 1 is 1.20 bits per heavy atom. The summed E-state index contributed by atoms with van der Waals surface area (Å²) in [6.45, 7) is 9.66. The van der Waals surface area contributed by atoms with E-state index in [1.54, 1.807) is 7.11 Å². The summed E-state index contributed by atoms with van der Waals surface area (Å²) < 4.78 is 7.49. The van der Waals surface area contributed by atoms with Gasteiger partial charge in [0.25, 0.3) is 0 Å². The summed E-state index contributed by atoms with van der Waals surface area (Å²) in [5, 5.41) is 3.49. The van der Waals surface area contributed by atoms with E-state index >= 15 is 0 Å². The van der Waals surface area contributed by atoms with Crippen LogP contribution in [0.5, 0.6) is 5.75 Å². The zero-order valence-corrected chi connectivity index (χ0v) is 15.7. The molecule has 0 aliphatic rings. The van der Waals surface area contributed by atoms with Crippen LogP contribution in [0.2, 0.25) is 0 Å². The van der Waals surface area contributed by atoms with Crippen molar-refractivity contribution in [1.82, 2.24) is 10.2 Å². The van der Waals surface area contributed by atoms with Gasteiger partial charge in [-0.2, -0.15) is 0 Å². The molecule has 0 saturated carbocycles. The third-order valence-electron chi connectivity index (χ3n) is 3.33. The smallest absolute Gasteiger partial charge is 0.137 e. The van der Waals surface area contributed by atoms with Crippen LogP contribution in [0.4, 0.5) is 0 Å². The average Bonchev–Trinajstić information content (AvgIpc) is 2.42. The lowest BCUT2D eigenvalue weighted by Gasteiger charge is -2.18. The predicted molar refractivity (Wildman–Crippen MR) is 92.5 cm³/mol. The van der Waals surface area contributed by atoms with Crippen LogP contribution in [-0.2, 0) is 6.54 Å². The van der Waals surface area contributed by atoms with E-state index in [1.165, 1.54) is 6.42 Å². The normalized spacial score (nSPS) is 11.1. The number of nitrogens with one attached hydrogen (secondary N) is 1. The van der Waals surface area contributed by atoms with E-state index in [9.17, 15) is 0 Å². The Hall–Kier alpha value is -0.100. The second-order valence-electron chi connectivity index (χ2n) is 4.64. The number of halogens is 2. The van der Waals surface area contributed by atoms with Crippen molar-refractivity contribution in [1.29, 1.82) is 0 Å². The summed E-state index contributed by atoms with van der Waals surface area (Å²) >= 11 is 7.05. The molecular weight excluding hydrogens is 384 g/mol. The first-order chi connectivity index (χ1) is 9.62. The summed E-state index contributed by atoms with van der Waals surface area (Å²) in [5.41, 5.74) is 1.16. The number of benzene rings is 1. The van der Waals surface area contributed by atoms with E-state index in [0.717, 1.165) is 53.0 Å². The van der Waals surface area contributed by atoms with Gasteiger partial charge in [-0.05, 0) is 60.7 Å². The molecule has 1 N–H and O–H groups in total. The van der Waals surface area contributed by atoms with Crippen molar-refractivity contribution in [3.05, 3.63) is 26.6 Å². The molecule has 1 rings (SSSR count). The number of ether oxygens (including phenoxy) is 1. The molecule has 0 atom stereocenters. The SMILES string of the molecule is CCN(CC)CCCNCc1cc(Br)cc(Br)c1OC. The van der Waals surface area contributed by atoms with Crippen LogP contribution >= 0.6 is 31.9 Å². The minimum atomic E-state index is 0.819. The third kappa shape index (κ3) is 5.72. The van der Waals surface area contributed by atoms with Crippen LogP contribution < -0.4 is 10.1 Å². The maximum absolute atomic E-state index is 5.45. The summed E-state index contributed by atoms with van der Waals surface area (Å²) in [4.78, 5) is 2.44. The molecule has 0 aromatic heterocycles. The van der Waals surface area contributed by atoms with Crippen molar-refractivity contribution in [2.75, 3.05) is 33.3 Å². The highest BCUT2D eigenvalue weighted by atomic mass is 79.9. The van der Waals surface area contributed by atoms with Gasteiger partial charge in [-0.1, -0.05) is 29.8 Å². The molecule has 0 aliphatic heterocycles. The van der Waals surface area contributed by atoms with Crippen molar-refractivity contribution < 1.29 is 4.74 Å². The van der Waals surface area contributed by atoms with Gasteiger partial charge >= 0.3 is 0 Å². The molecular formula is C15H24Br2N2O. The molecule has 1 aromatic carbocycles. The maximum atomic E-state index is 5.45. The van der Waals surface area contributed by atoms with Gasteiger partial charge < -0.3 is 15.0 Å². The quantitative estimate of drug-likeness (QED) is 0.625. The van der Waals surface area contributed by atoms with Gasteiger partial charge in [0.1, 0.15) is 5.75 Å². The molecule has 114 valence electrons. The molecule has 0 fully saturated rings. The summed E-state index contributed by atoms with van der Waals surface area (Å²) in [7, 11) is 1.71. The highest BCUT2D eigenvalue weighted by Crippen LogP contribution is 2.32. The summed E-state index contributed by atoms with van der Waals surface area (Å²) in [6.07, 6.45) is 1.17. The molecule has 5 heteroatoms. The van der Waals surface area contributed by atoms with Gasteiger partial charge in [-0.15, -0.1) is 0 Å². The van der Waals surface area contributed by atoms with Crippen molar-refractivity contribution in [2.24, 2.45) is 0 Å². The van der Waals surface area contributed by atoms with Crippen LogP contribution in [0.3, 0.4) is 0 Å². The van der Waals surface area contributed by atoms with Crippen molar-refractivity contribution in [3.8, 4) is 5.75 Å². The Balaban J connectivity index is 2.42. The molecule has 0 amide bonds. The van der Waals surface area contributed by atoms with E-state index < -0.39 is 0 Å². The molecule has 0 spiro atoms. The number of hydrogen-bond donors (Lipinski definition) is 1. The van der Waals surface area contributed by atoms with E-state index in [4.69, 9.17) is 4.74 Å². The number of rotatable bonds is 9. The highest BCUT2D eigenvalue weighted by molar-refractivity contribution is 9.11. The predicted octanol–water partition coefficient (Wildman–Crippen LogP) is 4.04. The molecule has 0 aliphatic carbocycles. The number of hydrogen-bond acceptors (Lipinski definition) is 3. The molecule has 0 bridgehead atoms. The molecule has 0 saturated heterocycles. The fourth-order valence-corrected chi connectivity index (χ4v) is 3.64. The standard InChI is InChI=1S/C15H24Br2N2O/c1-4-19(5-2)8-6-7-18-11-12-9-13(16)10-14(17)15(12)20-3/h9-10,18H,4-8,11H2,1-3H3. The minimum absolute atomic E-state index is 0.819. The zero-order chi connectivity index (χ0) is 15.0. The zero-order valence-electron chi connectivity index (χ0n) is 12.5. The second kappa shape index (κ2) is 9.77. The third-order valence-corrected chi connectivity index (χ3v) is 4.37. The van der Waals surface area contributed by atoms with E-state index in [1.807, 2.05) is 6.07 Å². The Morgan fingerprint density at radius 3 is 2.50 bits per heavy atom. The number of nitrogens with zero attached hydrogens (tertiary/aromatic N) is 1. The first-order valence-corrected chi connectivity index (χ1v) is 8.65. The average molecular weight is 408 g/mol. The number of methoxy groups -OCH3 is 1. The van der Waals surface area contributed by atoms with Crippen LogP contribution in [0.25, 0.3) is 0 Å². The van der Waals surface area contributed by atoms with E-state index in [0.29, 0.717) is 0 Å². The van der Waals surface area contributed by atoms with Gasteiger partial charge in [-0.3, -0.25) is 0 Å². The highest BCUT2D eigenvalue weighted by Gasteiger charge is 2.08. The largest absolute Gasteiger partial charge is 0.495 e. The van der Waals surface area contributed by atoms with Crippen molar-refractivity contribution in [3.63, 3.8) is 0 Å². The summed E-state index contributed by atoms with van der Waals surface area (Å²) in [5.74, 6) is 0.907.